The summed E-state index contributed by atoms with van der Waals surface area (Å²) in [5.41, 5.74) is 1.41. The summed E-state index contributed by atoms with van der Waals surface area (Å²) in [6.45, 7) is 0.347. The first-order valence-electron chi connectivity index (χ1n) is 9.41. The molecule has 0 saturated carbocycles. The molecule has 6 heteroatoms. The average Bonchev–Trinajstić information content (AvgIpc) is 3.14. The highest BCUT2D eigenvalue weighted by Crippen LogP contribution is 2.32. The first-order chi connectivity index (χ1) is 14.1. The van der Waals surface area contributed by atoms with Crippen LogP contribution in [-0.4, -0.2) is 32.6 Å². The van der Waals surface area contributed by atoms with E-state index in [1.807, 2.05) is 42.5 Å². The Morgan fingerprint density at radius 1 is 1.00 bits per heavy atom. The highest BCUT2D eigenvalue weighted by atomic mass is 16.5. The maximum atomic E-state index is 12.8. The minimum absolute atomic E-state index is 0.0512. The number of nitrogens with zero attached hydrogens (tertiary/aromatic N) is 1. The Morgan fingerprint density at radius 2 is 1.69 bits per heavy atom. The minimum atomic E-state index is -0.432. The van der Waals surface area contributed by atoms with Crippen molar-refractivity contribution in [2.24, 2.45) is 5.92 Å². The molecule has 4 rings (SSSR count). The van der Waals surface area contributed by atoms with E-state index in [1.165, 1.54) is 0 Å². The van der Waals surface area contributed by atoms with Gasteiger partial charge < -0.3 is 19.7 Å². The van der Waals surface area contributed by atoms with Crippen LogP contribution >= 0.6 is 0 Å². The van der Waals surface area contributed by atoms with Gasteiger partial charge in [-0.25, -0.2) is 0 Å². The van der Waals surface area contributed by atoms with Gasteiger partial charge in [0.05, 0.1) is 25.8 Å². The molecule has 0 aromatic heterocycles. The smallest absolute Gasteiger partial charge is 0.229 e. The number of anilines is 2. The van der Waals surface area contributed by atoms with Crippen molar-refractivity contribution < 1.29 is 19.1 Å². The summed E-state index contributed by atoms with van der Waals surface area (Å²) in [6, 6.07) is 19.0. The van der Waals surface area contributed by atoms with Crippen LogP contribution in [0.25, 0.3) is 10.8 Å². The van der Waals surface area contributed by atoms with Crippen molar-refractivity contribution in [2.45, 2.75) is 6.42 Å². The molecule has 0 spiro atoms. The third kappa shape index (κ3) is 3.74. The maximum absolute atomic E-state index is 12.8. The number of carbonyl (C=O) groups excluding carboxylic acids is 2. The molecule has 1 atom stereocenters. The summed E-state index contributed by atoms with van der Waals surface area (Å²) >= 11 is 0. The number of benzene rings is 3. The number of ether oxygens (including phenoxy) is 2. The van der Waals surface area contributed by atoms with Gasteiger partial charge in [-0.15, -0.1) is 0 Å². The zero-order valence-corrected chi connectivity index (χ0v) is 16.3. The third-order valence-electron chi connectivity index (χ3n) is 5.17. The van der Waals surface area contributed by atoms with Crippen LogP contribution in [0.3, 0.4) is 0 Å². The van der Waals surface area contributed by atoms with E-state index in [4.69, 9.17) is 9.47 Å². The average molecular weight is 390 g/mol. The molecule has 29 heavy (non-hydrogen) atoms. The molecule has 1 saturated heterocycles. The Bertz CT molecular complexity index is 1050. The number of fused-ring (bicyclic) bond motifs is 1. The summed E-state index contributed by atoms with van der Waals surface area (Å²) in [5, 5.41) is 4.95. The fraction of sp³-hybridized carbons (Fsp3) is 0.217. The predicted molar refractivity (Wildman–Crippen MR) is 113 cm³/mol. The largest absolute Gasteiger partial charge is 0.497 e. The maximum Gasteiger partial charge on any atom is 0.229 e. The lowest BCUT2D eigenvalue weighted by Crippen LogP contribution is -2.28. The van der Waals surface area contributed by atoms with E-state index in [9.17, 15) is 9.59 Å². The van der Waals surface area contributed by atoms with Crippen LogP contribution in [-0.2, 0) is 9.59 Å². The molecular weight excluding hydrogens is 368 g/mol. The molecule has 0 radical (unpaired) electrons. The molecule has 3 aromatic rings. The Labute approximate surface area is 169 Å². The van der Waals surface area contributed by atoms with Crippen molar-refractivity contribution in [3.8, 4) is 11.5 Å². The Morgan fingerprint density at radius 3 is 2.41 bits per heavy atom. The Balaban J connectivity index is 1.54. The van der Waals surface area contributed by atoms with E-state index in [2.05, 4.69) is 5.32 Å². The van der Waals surface area contributed by atoms with Crippen LogP contribution in [0.4, 0.5) is 11.4 Å². The van der Waals surface area contributed by atoms with E-state index in [0.29, 0.717) is 23.7 Å². The fourth-order valence-corrected chi connectivity index (χ4v) is 3.68. The normalized spacial score (nSPS) is 16.1. The molecule has 6 nitrogen and oxygen atoms in total. The molecule has 1 aliphatic rings. The number of nitrogens with one attached hydrogen (secondary N) is 1. The molecule has 148 valence electrons. The van der Waals surface area contributed by atoms with Gasteiger partial charge in [0.15, 0.2) is 0 Å². The highest BCUT2D eigenvalue weighted by Gasteiger charge is 2.35. The molecule has 1 heterocycles. The van der Waals surface area contributed by atoms with E-state index in [1.54, 1.807) is 37.3 Å². The van der Waals surface area contributed by atoms with Crippen molar-refractivity contribution in [1.82, 2.24) is 0 Å². The lowest BCUT2D eigenvalue weighted by molar-refractivity contribution is -0.122. The molecule has 2 amide bonds. The first kappa shape index (κ1) is 18.8. The van der Waals surface area contributed by atoms with Gasteiger partial charge in [-0.2, -0.15) is 0 Å². The molecule has 1 N–H and O–H groups in total. The van der Waals surface area contributed by atoms with Gasteiger partial charge in [-0.1, -0.05) is 36.4 Å². The SMILES string of the molecule is COc1cc(NC(=O)C2CC(=O)N(c3cccc4ccccc34)C2)cc(OC)c1. The van der Waals surface area contributed by atoms with E-state index >= 15 is 0 Å². The second-order valence-electron chi connectivity index (χ2n) is 6.99. The van der Waals surface area contributed by atoms with E-state index in [0.717, 1.165) is 16.5 Å². The zero-order chi connectivity index (χ0) is 20.4. The van der Waals surface area contributed by atoms with Crippen molar-refractivity contribution in [3.63, 3.8) is 0 Å². The number of carbonyl (C=O) groups is 2. The fourth-order valence-electron chi connectivity index (χ4n) is 3.68. The second kappa shape index (κ2) is 7.83. The summed E-state index contributed by atoms with van der Waals surface area (Å²) in [4.78, 5) is 27.2. The van der Waals surface area contributed by atoms with E-state index in [-0.39, 0.29) is 18.2 Å². The minimum Gasteiger partial charge on any atom is -0.497 e. The molecule has 0 bridgehead atoms. The van der Waals surface area contributed by atoms with Crippen LogP contribution in [0.15, 0.2) is 60.7 Å². The number of methoxy groups -OCH3 is 2. The van der Waals surface area contributed by atoms with Gasteiger partial charge in [-0.05, 0) is 11.5 Å². The van der Waals surface area contributed by atoms with Crippen LogP contribution in [0.2, 0.25) is 0 Å². The van der Waals surface area contributed by atoms with Crippen molar-refractivity contribution in [2.75, 3.05) is 31.0 Å². The Hall–Kier alpha value is -3.54. The second-order valence-corrected chi connectivity index (χ2v) is 6.99. The monoisotopic (exact) mass is 390 g/mol. The molecule has 0 aliphatic carbocycles. The van der Waals surface area contributed by atoms with Crippen molar-refractivity contribution >= 4 is 34.0 Å². The zero-order valence-electron chi connectivity index (χ0n) is 16.3. The summed E-state index contributed by atoms with van der Waals surface area (Å²) < 4.78 is 10.5. The van der Waals surface area contributed by atoms with Crippen LogP contribution in [0.5, 0.6) is 11.5 Å². The number of hydrogen-bond acceptors (Lipinski definition) is 4. The first-order valence-corrected chi connectivity index (χ1v) is 9.41. The molecule has 1 unspecified atom stereocenters. The number of hydrogen-bond donors (Lipinski definition) is 1. The summed E-state index contributed by atoms with van der Waals surface area (Å²) in [5.74, 6) is 0.485. The van der Waals surface area contributed by atoms with Crippen LogP contribution in [0, 0.1) is 5.92 Å². The highest BCUT2D eigenvalue weighted by molar-refractivity contribution is 6.08. The van der Waals surface area contributed by atoms with Gasteiger partial charge in [0.1, 0.15) is 11.5 Å². The molecule has 1 aliphatic heterocycles. The van der Waals surface area contributed by atoms with Gasteiger partial charge in [0.2, 0.25) is 11.8 Å². The molecule has 1 fully saturated rings. The van der Waals surface area contributed by atoms with Crippen molar-refractivity contribution in [3.05, 3.63) is 60.7 Å². The van der Waals surface area contributed by atoms with Gasteiger partial charge >= 0.3 is 0 Å². The van der Waals surface area contributed by atoms with Gasteiger partial charge in [0.25, 0.3) is 0 Å². The van der Waals surface area contributed by atoms with Crippen LogP contribution in [0.1, 0.15) is 6.42 Å². The number of amides is 2. The quantitative estimate of drug-likeness (QED) is 0.719. The lowest BCUT2D eigenvalue weighted by atomic mass is 10.1. The van der Waals surface area contributed by atoms with Gasteiger partial charge in [0, 0.05) is 42.2 Å². The van der Waals surface area contributed by atoms with Crippen LogP contribution < -0.4 is 19.7 Å². The number of rotatable bonds is 5. The third-order valence-corrected chi connectivity index (χ3v) is 5.17. The van der Waals surface area contributed by atoms with E-state index < -0.39 is 5.92 Å². The van der Waals surface area contributed by atoms with Gasteiger partial charge in [-0.3, -0.25) is 9.59 Å². The Kier molecular flexibility index (Phi) is 5.08. The standard InChI is InChI=1S/C23H22N2O4/c1-28-18-11-17(12-19(13-18)29-2)24-23(27)16-10-22(26)25(14-16)21-9-5-7-15-6-3-4-8-20(15)21/h3-9,11-13,16H,10,14H2,1-2H3,(H,24,27). The van der Waals surface area contributed by atoms with Crippen molar-refractivity contribution in [1.29, 1.82) is 0 Å². The summed E-state index contributed by atoms with van der Waals surface area (Å²) in [6.07, 6.45) is 0.177. The topological polar surface area (TPSA) is 67.9 Å². The molecule has 3 aromatic carbocycles. The summed E-state index contributed by atoms with van der Waals surface area (Å²) in [7, 11) is 3.11. The molecular formula is C23H22N2O4. The predicted octanol–water partition coefficient (Wildman–Crippen LogP) is 3.85. The lowest BCUT2D eigenvalue weighted by Gasteiger charge is -2.19.